The molecular weight excluding hydrogens is 486 g/mol. The monoisotopic (exact) mass is 531 g/mol. The van der Waals surface area contributed by atoms with E-state index in [2.05, 4.69) is 43.0 Å². The summed E-state index contributed by atoms with van der Waals surface area (Å²) in [4.78, 5) is 41.7. The topological polar surface area (TPSA) is 87.7 Å². The number of hydrogen-bond acceptors (Lipinski definition) is 5. The fourth-order valence-electron chi connectivity index (χ4n) is 4.06. The minimum absolute atomic E-state index is 0.0426. The van der Waals surface area contributed by atoms with Crippen molar-refractivity contribution in [1.82, 2.24) is 15.5 Å². The van der Waals surface area contributed by atoms with Crippen LogP contribution < -0.4 is 10.6 Å². The first-order valence-corrected chi connectivity index (χ1v) is 13.9. The zero-order valence-electron chi connectivity index (χ0n) is 23.3. The number of nitrogens with one attached hydrogen (secondary N) is 2. The fourth-order valence-corrected chi connectivity index (χ4v) is 4.30. The Hall–Kier alpha value is -2.66. The van der Waals surface area contributed by atoms with Crippen molar-refractivity contribution in [3.8, 4) is 12.3 Å². The molecule has 0 heterocycles. The fraction of sp³-hybridized carbons (Fsp3) is 0.621. The Kier molecular flexibility index (Phi) is 14.2. The van der Waals surface area contributed by atoms with Gasteiger partial charge in [0.15, 0.2) is 0 Å². The standard InChI is InChI=1S/C29H45N3O4S/c1-8-11-12-15-19-32(27(34)24(20-37)31-28(35)36-29(5,6)7)25(26(33)30-21(4)16-9-2)23-18-14-13-17-22(23)10-3/h3,13-14,17-18,21,24-25,37H,8-9,11-12,15-16,19-20H2,1-2,4-7H3,(H,30,33)(H,31,35). The molecule has 0 aliphatic rings. The van der Waals surface area contributed by atoms with E-state index in [4.69, 9.17) is 11.2 Å². The van der Waals surface area contributed by atoms with E-state index in [1.165, 1.54) is 4.90 Å². The smallest absolute Gasteiger partial charge is 0.408 e. The van der Waals surface area contributed by atoms with Crippen LogP contribution in [0.3, 0.4) is 0 Å². The normalized spacial score (nSPS) is 13.6. The summed E-state index contributed by atoms with van der Waals surface area (Å²) in [5.74, 6) is 1.99. The number of thiol groups is 1. The SMILES string of the molecule is C#Cc1ccccc1C(C(=O)NC(C)CCC)N(CCCCCC)C(=O)C(CS)NC(=O)OC(C)(C)C. The minimum Gasteiger partial charge on any atom is -0.444 e. The number of benzene rings is 1. The summed E-state index contributed by atoms with van der Waals surface area (Å²) in [5, 5.41) is 5.70. The zero-order chi connectivity index (χ0) is 28.0. The molecule has 0 radical (unpaired) electrons. The molecule has 7 nitrogen and oxygen atoms in total. The molecule has 1 aromatic rings. The maximum absolute atomic E-state index is 13.9. The third kappa shape index (κ3) is 11.1. The van der Waals surface area contributed by atoms with Gasteiger partial charge in [-0.25, -0.2) is 4.79 Å². The van der Waals surface area contributed by atoms with Crippen LogP contribution in [0, 0.1) is 12.3 Å². The van der Waals surface area contributed by atoms with Crippen LogP contribution in [0.15, 0.2) is 24.3 Å². The van der Waals surface area contributed by atoms with E-state index in [0.717, 1.165) is 32.1 Å². The second-order valence-electron chi connectivity index (χ2n) is 10.3. The van der Waals surface area contributed by atoms with Gasteiger partial charge in [-0.3, -0.25) is 9.59 Å². The number of unbranched alkanes of at least 4 members (excludes halogenated alkanes) is 3. The van der Waals surface area contributed by atoms with E-state index < -0.39 is 29.7 Å². The van der Waals surface area contributed by atoms with Crippen molar-refractivity contribution in [1.29, 1.82) is 0 Å². The molecule has 1 rings (SSSR count). The Bertz CT molecular complexity index is 922. The summed E-state index contributed by atoms with van der Waals surface area (Å²) in [5.41, 5.74) is 0.391. The Morgan fingerprint density at radius 3 is 2.32 bits per heavy atom. The number of rotatable bonds is 14. The third-order valence-corrected chi connectivity index (χ3v) is 6.15. The average molecular weight is 532 g/mol. The van der Waals surface area contributed by atoms with Crippen LogP contribution >= 0.6 is 12.6 Å². The maximum atomic E-state index is 13.9. The third-order valence-electron chi connectivity index (χ3n) is 5.79. The van der Waals surface area contributed by atoms with Gasteiger partial charge >= 0.3 is 6.09 Å². The number of terminal acetylenes is 1. The number of carbonyl (C=O) groups excluding carboxylic acids is 3. The average Bonchev–Trinajstić information content (AvgIpc) is 2.83. The number of carbonyl (C=O) groups is 3. The van der Waals surface area contributed by atoms with Crippen molar-refractivity contribution in [3.63, 3.8) is 0 Å². The van der Waals surface area contributed by atoms with E-state index in [-0.39, 0.29) is 17.7 Å². The number of ether oxygens (including phenoxy) is 1. The highest BCUT2D eigenvalue weighted by atomic mass is 32.1. The van der Waals surface area contributed by atoms with Gasteiger partial charge in [-0.15, -0.1) is 6.42 Å². The van der Waals surface area contributed by atoms with Crippen LogP contribution in [0.5, 0.6) is 0 Å². The maximum Gasteiger partial charge on any atom is 0.408 e. The molecule has 1 aromatic carbocycles. The first-order chi connectivity index (χ1) is 17.5. The lowest BCUT2D eigenvalue weighted by Crippen LogP contribution is -2.54. The van der Waals surface area contributed by atoms with Crippen molar-refractivity contribution in [3.05, 3.63) is 35.4 Å². The van der Waals surface area contributed by atoms with E-state index in [9.17, 15) is 14.4 Å². The molecule has 0 aromatic heterocycles. The lowest BCUT2D eigenvalue weighted by atomic mass is 9.96. The van der Waals surface area contributed by atoms with Gasteiger partial charge in [0.05, 0.1) is 0 Å². The second-order valence-corrected chi connectivity index (χ2v) is 10.7. The van der Waals surface area contributed by atoms with E-state index in [1.54, 1.807) is 45.0 Å². The zero-order valence-corrected chi connectivity index (χ0v) is 24.2. The molecule has 0 spiro atoms. The van der Waals surface area contributed by atoms with Crippen molar-refractivity contribution < 1.29 is 19.1 Å². The number of hydrogen-bond donors (Lipinski definition) is 3. The van der Waals surface area contributed by atoms with Gasteiger partial charge < -0.3 is 20.3 Å². The Morgan fingerprint density at radius 1 is 1.08 bits per heavy atom. The predicted molar refractivity (Wildman–Crippen MR) is 152 cm³/mol. The van der Waals surface area contributed by atoms with Crippen molar-refractivity contribution in [2.45, 2.75) is 104 Å². The molecule has 0 bridgehead atoms. The summed E-state index contributed by atoms with van der Waals surface area (Å²) < 4.78 is 5.36. The van der Waals surface area contributed by atoms with Crippen LogP contribution in [0.4, 0.5) is 4.79 Å². The lowest BCUT2D eigenvalue weighted by Gasteiger charge is -2.35. The molecule has 0 aliphatic heterocycles. The number of alkyl carbamates (subject to hydrolysis) is 1. The Balaban J connectivity index is 3.48. The molecular formula is C29H45N3O4S. The highest BCUT2D eigenvalue weighted by Crippen LogP contribution is 2.27. The van der Waals surface area contributed by atoms with Gasteiger partial charge in [0.1, 0.15) is 17.7 Å². The molecule has 3 amide bonds. The molecule has 37 heavy (non-hydrogen) atoms. The molecule has 8 heteroatoms. The summed E-state index contributed by atoms with van der Waals surface area (Å²) in [6.07, 6.45) is 10.5. The first-order valence-electron chi connectivity index (χ1n) is 13.3. The van der Waals surface area contributed by atoms with Gasteiger partial charge in [0.25, 0.3) is 0 Å². The minimum atomic E-state index is -0.981. The molecule has 2 N–H and O–H groups in total. The predicted octanol–water partition coefficient (Wildman–Crippen LogP) is 5.25. The van der Waals surface area contributed by atoms with Crippen LogP contribution in [-0.4, -0.2) is 52.8 Å². The number of amides is 3. The number of nitrogens with zero attached hydrogens (tertiary/aromatic N) is 1. The van der Waals surface area contributed by atoms with Crippen LogP contribution in [-0.2, 0) is 14.3 Å². The quantitative estimate of drug-likeness (QED) is 0.174. The molecule has 0 saturated heterocycles. The van der Waals surface area contributed by atoms with Crippen LogP contribution in [0.2, 0.25) is 0 Å². The van der Waals surface area contributed by atoms with Gasteiger partial charge in [-0.2, -0.15) is 12.6 Å². The highest BCUT2D eigenvalue weighted by molar-refractivity contribution is 7.80. The molecule has 3 atom stereocenters. The molecule has 0 aliphatic carbocycles. The Morgan fingerprint density at radius 2 is 1.76 bits per heavy atom. The molecule has 0 fully saturated rings. The largest absolute Gasteiger partial charge is 0.444 e. The Labute approximate surface area is 228 Å². The van der Waals surface area contributed by atoms with Gasteiger partial charge in [0, 0.05) is 23.9 Å². The lowest BCUT2D eigenvalue weighted by molar-refractivity contribution is -0.142. The summed E-state index contributed by atoms with van der Waals surface area (Å²) in [6, 6.07) is 5.15. The van der Waals surface area contributed by atoms with Gasteiger partial charge in [-0.05, 0) is 52.2 Å². The summed E-state index contributed by atoms with van der Waals surface area (Å²) in [7, 11) is 0. The van der Waals surface area contributed by atoms with E-state index in [0.29, 0.717) is 24.1 Å². The van der Waals surface area contributed by atoms with E-state index in [1.807, 2.05) is 6.92 Å². The van der Waals surface area contributed by atoms with Gasteiger partial charge in [-0.1, -0.05) is 63.7 Å². The van der Waals surface area contributed by atoms with E-state index >= 15 is 0 Å². The van der Waals surface area contributed by atoms with Crippen LogP contribution in [0.25, 0.3) is 0 Å². The van der Waals surface area contributed by atoms with Crippen molar-refractivity contribution in [2.75, 3.05) is 12.3 Å². The highest BCUT2D eigenvalue weighted by Gasteiger charge is 2.36. The summed E-state index contributed by atoms with van der Waals surface area (Å²) in [6.45, 7) is 11.7. The second kappa shape index (κ2) is 16.2. The van der Waals surface area contributed by atoms with Crippen LogP contribution in [0.1, 0.15) is 97.2 Å². The molecule has 206 valence electrons. The van der Waals surface area contributed by atoms with Gasteiger partial charge in [0.2, 0.25) is 11.8 Å². The first kappa shape index (κ1) is 32.4. The summed E-state index contributed by atoms with van der Waals surface area (Å²) >= 11 is 4.34. The molecule has 3 unspecified atom stereocenters. The van der Waals surface area contributed by atoms with Crippen molar-refractivity contribution >= 4 is 30.5 Å². The molecule has 0 saturated carbocycles. The van der Waals surface area contributed by atoms with Crippen molar-refractivity contribution in [2.24, 2.45) is 0 Å².